The van der Waals surface area contributed by atoms with Crippen molar-refractivity contribution in [3.05, 3.63) is 0 Å². The van der Waals surface area contributed by atoms with Gasteiger partial charge in [-0.2, -0.15) is 0 Å². The minimum Gasteiger partial charge on any atom is -0.370 e. The molecule has 2 fully saturated rings. The summed E-state index contributed by atoms with van der Waals surface area (Å²) in [5.74, 6) is 0.685. The third kappa shape index (κ3) is 1.78. The zero-order valence-electron chi connectivity index (χ0n) is 8.67. The summed E-state index contributed by atoms with van der Waals surface area (Å²) in [7, 11) is 0. The van der Waals surface area contributed by atoms with Gasteiger partial charge in [0, 0.05) is 11.3 Å². The van der Waals surface area contributed by atoms with E-state index in [0.29, 0.717) is 18.0 Å². The van der Waals surface area contributed by atoms with Crippen molar-refractivity contribution in [1.29, 1.82) is 0 Å². The fourth-order valence-electron chi connectivity index (χ4n) is 2.25. The third-order valence-electron chi connectivity index (χ3n) is 3.11. The van der Waals surface area contributed by atoms with Crippen LogP contribution in [-0.4, -0.2) is 18.0 Å². The SMILES string of the molecule is CC(C)(C)C(=O)C1CCC2OC2C1. The molecule has 1 saturated carbocycles. The van der Waals surface area contributed by atoms with Crippen molar-refractivity contribution in [1.82, 2.24) is 0 Å². The van der Waals surface area contributed by atoms with Crippen LogP contribution in [0.4, 0.5) is 0 Å². The number of ether oxygens (including phenoxy) is 1. The van der Waals surface area contributed by atoms with Gasteiger partial charge in [-0.25, -0.2) is 0 Å². The number of epoxide rings is 1. The highest BCUT2D eigenvalue weighted by atomic mass is 16.6. The van der Waals surface area contributed by atoms with Crippen LogP contribution in [0.3, 0.4) is 0 Å². The number of carbonyl (C=O) groups excluding carboxylic acids is 1. The molecule has 1 heterocycles. The lowest BCUT2D eigenvalue weighted by atomic mass is 9.76. The standard InChI is InChI=1S/C11H18O2/c1-11(2,3)10(12)7-4-5-8-9(6-7)13-8/h7-9H,4-6H2,1-3H3. The normalized spacial score (nSPS) is 38.2. The predicted molar refractivity (Wildman–Crippen MR) is 50.5 cm³/mol. The highest BCUT2D eigenvalue weighted by Crippen LogP contribution is 2.41. The quantitative estimate of drug-likeness (QED) is 0.582. The molecule has 0 bridgehead atoms. The highest BCUT2D eigenvalue weighted by Gasteiger charge is 2.46. The first-order valence-electron chi connectivity index (χ1n) is 5.18. The Bertz CT molecular complexity index is 227. The van der Waals surface area contributed by atoms with Crippen LogP contribution in [0.15, 0.2) is 0 Å². The van der Waals surface area contributed by atoms with E-state index in [1.54, 1.807) is 0 Å². The maximum absolute atomic E-state index is 11.9. The van der Waals surface area contributed by atoms with E-state index in [1.807, 2.05) is 20.8 Å². The van der Waals surface area contributed by atoms with Crippen molar-refractivity contribution in [2.75, 3.05) is 0 Å². The average molecular weight is 182 g/mol. The van der Waals surface area contributed by atoms with Crippen molar-refractivity contribution in [2.24, 2.45) is 11.3 Å². The molecule has 1 saturated heterocycles. The molecule has 2 nitrogen and oxygen atoms in total. The Labute approximate surface area is 79.7 Å². The summed E-state index contributed by atoms with van der Waals surface area (Å²) in [6, 6.07) is 0. The van der Waals surface area contributed by atoms with E-state index in [1.165, 1.54) is 0 Å². The van der Waals surface area contributed by atoms with Crippen LogP contribution in [0.5, 0.6) is 0 Å². The Morgan fingerprint density at radius 3 is 2.46 bits per heavy atom. The van der Waals surface area contributed by atoms with E-state index in [9.17, 15) is 4.79 Å². The minimum absolute atomic E-state index is 0.174. The van der Waals surface area contributed by atoms with Crippen LogP contribution < -0.4 is 0 Å². The van der Waals surface area contributed by atoms with Crippen molar-refractivity contribution < 1.29 is 9.53 Å². The van der Waals surface area contributed by atoms with Crippen LogP contribution in [0.25, 0.3) is 0 Å². The lowest BCUT2D eigenvalue weighted by molar-refractivity contribution is -0.131. The number of Topliss-reactive ketones (excluding diaryl/α,β-unsaturated/α-hetero) is 1. The molecule has 2 rings (SSSR count). The maximum atomic E-state index is 11.9. The maximum Gasteiger partial charge on any atom is 0.141 e. The molecular weight excluding hydrogens is 164 g/mol. The summed E-state index contributed by atoms with van der Waals surface area (Å²) in [5.41, 5.74) is -0.174. The molecular formula is C11H18O2. The Kier molecular flexibility index (Phi) is 1.99. The van der Waals surface area contributed by atoms with E-state index in [0.717, 1.165) is 19.3 Å². The summed E-state index contributed by atoms with van der Waals surface area (Å²) < 4.78 is 5.42. The molecule has 13 heavy (non-hydrogen) atoms. The van der Waals surface area contributed by atoms with Gasteiger partial charge < -0.3 is 4.74 Å². The van der Waals surface area contributed by atoms with Gasteiger partial charge in [0.2, 0.25) is 0 Å². The summed E-state index contributed by atoms with van der Waals surface area (Å²) in [6.07, 6.45) is 4.03. The number of rotatable bonds is 1. The van der Waals surface area contributed by atoms with Gasteiger partial charge >= 0.3 is 0 Å². The smallest absolute Gasteiger partial charge is 0.141 e. The highest BCUT2D eigenvalue weighted by molar-refractivity contribution is 5.86. The molecule has 2 heteroatoms. The number of hydrogen-bond acceptors (Lipinski definition) is 2. The minimum atomic E-state index is -0.174. The van der Waals surface area contributed by atoms with Gasteiger partial charge in [-0.3, -0.25) is 4.79 Å². The molecule has 0 spiro atoms. The number of ketones is 1. The first-order valence-corrected chi connectivity index (χ1v) is 5.18. The van der Waals surface area contributed by atoms with E-state index in [2.05, 4.69) is 0 Å². The van der Waals surface area contributed by atoms with Crippen molar-refractivity contribution >= 4 is 5.78 Å². The van der Waals surface area contributed by atoms with Gasteiger partial charge in [-0.1, -0.05) is 20.8 Å². The van der Waals surface area contributed by atoms with E-state index < -0.39 is 0 Å². The second-order valence-electron chi connectivity index (χ2n) is 5.34. The summed E-state index contributed by atoms with van der Waals surface area (Å²) >= 11 is 0. The van der Waals surface area contributed by atoms with Gasteiger partial charge in [0.25, 0.3) is 0 Å². The fourth-order valence-corrected chi connectivity index (χ4v) is 2.25. The van der Waals surface area contributed by atoms with Crippen LogP contribution in [0.2, 0.25) is 0 Å². The van der Waals surface area contributed by atoms with Crippen molar-refractivity contribution in [3.8, 4) is 0 Å². The second kappa shape index (κ2) is 2.81. The van der Waals surface area contributed by atoms with Crippen LogP contribution in [-0.2, 0) is 9.53 Å². The Hall–Kier alpha value is -0.370. The van der Waals surface area contributed by atoms with E-state index in [4.69, 9.17) is 4.74 Å². The average Bonchev–Trinajstić information content (AvgIpc) is 2.78. The molecule has 0 amide bonds. The zero-order valence-corrected chi connectivity index (χ0v) is 8.67. The lowest BCUT2D eigenvalue weighted by Gasteiger charge is -2.25. The molecule has 1 aliphatic heterocycles. The summed E-state index contributed by atoms with van der Waals surface area (Å²) in [4.78, 5) is 11.9. The topological polar surface area (TPSA) is 29.6 Å². The van der Waals surface area contributed by atoms with Crippen LogP contribution in [0, 0.1) is 11.3 Å². The monoisotopic (exact) mass is 182 g/mol. The van der Waals surface area contributed by atoms with Crippen LogP contribution >= 0.6 is 0 Å². The first-order chi connectivity index (χ1) is 5.98. The first kappa shape index (κ1) is 9.20. The number of carbonyl (C=O) groups is 1. The summed E-state index contributed by atoms with van der Waals surface area (Å²) in [6.45, 7) is 6.03. The van der Waals surface area contributed by atoms with E-state index >= 15 is 0 Å². The number of fused-ring (bicyclic) bond motifs is 1. The molecule has 0 radical (unpaired) electrons. The number of hydrogen-bond donors (Lipinski definition) is 0. The molecule has 0 N–H and O–H groups in total. The molecule has 2 aliphatic rings. The van der Waals surface area contributed by atoms with E-state index in [-0.39, 0.29) is 11.3 Å². The summed E-state index contributed by atoms with van der Waals surface area (Å²) in [5, 5.41) is 0. The lowest BCUT2D eigenvalue weighted by Crippen LogP contribution is -2.31. The Morgan fingerprint density at radius 2 is 1.92 bits per heavy atom. The molecule has 3 unspecified atom stereocenters. The molecule has 0 aromatic rings. The molecule has 1 aliphatic carbocycles. The van der Waals surface area contributed by atoms with Crippen LogP contribution in [0.1, 0.15) is 40.0 Å². The van der Waals surface area contributed by atoms with Gasteiger partial charge in [0.15, 0.2) is 0 Å². The zero-order chi connectivity index (χ0) is 9.64. The molecule has 0 aromatic heterocycles. The molecule has 3 atom stereocenters. The van der Waals surface area contributed by atoms with Gasteiger partial charge in [0.05, 0.1) is 12.2 Å². The largest absolute Gasteiger partial charge is 0.370 e. The molecule has 0 aromatic carbocycles. The van der Waals surface area contributed by atoms with Crippen molar-refractivity contribution in [2.45, 2.75) is 52.2 Å². The Morgan fingerprint density at radius 1 is 1.23 bits per heavy atom. The van der Waals surface area contributed by atoms with Gasteiger partial charge in [0.1, 0.15) is 5.78 Å². The van der Waals surface area contributed by atoms with Gasteiger partial charge in [-0.05, 0) is 19.3 Å². The predicted octanol–water partition coefficient (Wildman–Crippen LogP) is 2.17. The third-order valence-corrected chi connectivity index (χ3v) is 3.11. The molecule has 74 valence electrons. The van der Waals surface area contributed by atoms with Crippen molar-refractivity contribution in [3.63, 3.8) is 0 Å². The van der Waals surface area contributed by atoms with Gasteiger partial charge in [-0.15, -0.1) is 0 Å². The fraction of sp³-hybridized carbons (Fsp3) is 0.909. The Balaban J connectivity index is 1.97. The second-order valence-corrected chi connectivity index (χ2v) is 5.34.